The number of nitrogens with zero attached hydrogens (tertiary/aromatic N) is 3. The van der Waals surface area contributed by atoms with Crippen LogP contribution in [0.5, 0.6) is 0 Å². The molecule has 0 saturated heterocycles. The maximum atomic E-state index is 5.70. The van der Waals surface area contributed by atoms with Crippen LogP contribution in [0.25, 0.3) is 0 Å². The zero-order valence-electron chi connectivity index (χ0n) is 9.50. The Balaban J connectivity index is 1.74. The van der Waals surface area contributed by atoms with Gasteiger partial charge in [0.1, 0.15) is 0 Å². The third kappa shape index (κ3) is 2.00. The number of nitrogens with one attached hydrogen (secondary N) is 1. The number of aromatic nitrogens is 4. The predicted octanol–water partition coefficient (Wildman–Crippen LogP) is 1.83. The van der Waals surface area contributed by atoms with Crippen molar-refractivity contribution >= 4 is 5.69 Å². The predicted molar refractivity (Wildman–Crippen MR) is 64.4 cm³/mol. The number of nitrogen functional groups attached to an aromatic ring is 1. The maximum Gasteiger partial charge on any atom is 0.177 e. The lowest BCUT2D eigenvalue weighted by Crippen LogP contribution is -1.98. The molecule has 2 atom stereocenters. The number of aromatic amines is 1. The van der Waals surface area contributed by atoms with Gasteiger partial charge in [-0.15, -0.1) is 10.2 Å². The molecule has 1 aliphatic rings. The van der Waals surface area contributed by atoms with Gasteiger partial charge in [0, 0.05) is 11.6 Å². The number of benzene rings is 1. The first-order valence-electron chi connectivity index (χ1n) is 5.91. The van der Waals surface area contributed by atoms with Gasteiger partial charge in [0.2, 0.25) is 0 Å². The van der Waals surface area contributed by atoms with E-state index in [9.17, 15) is 0 Å². The summed E-state index contributed by atoms with van der Waals surface area (Å²) in [5, 5.41) is 14.3. The van der Waals surface area contributed by atoms with Gasteiger partial charge in [0.25, 0.3) is 0 Å². The molecule has 0 bridgehead atoms. The van der Waals surface area contributed by atoms with Crippen LogP contribution in [0.1, 0.15) is 42.5 Å². The van der Waals surface area contributed by atoms with Gasteiger partial charge in [0.15, 0.2) is 5.82 Å². The lowest BCUT2D eigenvalue weighted by molar-refractivity contribution is 0.649. The molecule has 2 aromatic rings. The Hall–Kier alpha value is -1.91. The second-order valence-corrected chi connectivity index (χ2v) is 4.64. The van der Waals surface area contributed by atoms with E-state index < -0.39 is 0 Å². The van der Waals surface area contributed by atoms with Crippen LogP contribution < -0.4 is 5.73 Å². The van der Waals surface area contributed by atoms with E-state index in [1.807, 2.05) is 12.1 Å². The van der Waals surface area contributed by atoms with Crippen LogP contribution in [0.4, 0.5) is 5.69 Å². The fraction of sp³-hybridized carbons (Fsp3) is 0.417. The molecule has 0 aliphatic heterocycles. The number of H-pyrrole nitrogens is 1. The normalized spacial score (nSPS) is 24.0. The van der Waals surface area contributed by atoms with E-state index in [-0.39, 0.29) is 0 Å². The molecule has 5 nitrogen and oxygen atoms in total. The van der Waals surface area contributed by atoms with Crippen molar-refractivity contribution in [2.75, 3.05) is 5.73 Å². The molecule has 0 unspecified atom stereocenters. The van der Waals surface area contributed by atoms with E-state index in [0.29, 0.717) is 11.8 Å². The Kier molecular flexibility index (Phi) is 2.51. The van der Waals surface area contributed by atoms with Gasteiger partial charge < -0.3 is 5.73 Å². The van der Waals surface area contributed by atoms with Crippen molar-refractivity contribution in [3.05, 3.63) is 35.7 Å². The molecular weight excluding hydrogens is 214 g/mol. The Bertz CT molecular complexity index is 476. The highest BCUT2D eigenvalue weighted by molar-refractivity contribution is 5.40. The number of rotatable bonds is 2. The number of hydrogen-bond donors (Lipinski definition) is 2. The molecule has 17 heavy (non-hydrogen) atoms. The van der Waals surface area contributed by atoms with Crippen LogP contribution in [0, 0.1) is 0 Å². The van der Waals surface area contributed by atoms with E-state index in [0.717, 1.165) is 24.4 Å². The Labute approximate surface area is 99.4 Å². The van der Waals surface area contributed by atoms with Gasteiger partial charge in [-0.25, -0.2) is 0 Å². The number of nitrogens with two attached hydrogens (primary N) is 1. The highest BCUT2D eigenvalue weighted by Crippen LogP contribution is 2.42. The van der Waals surface area contributed by atoms with Gasteiger partial charge in [-0.05, 0) is 42.9 Å². The van der Waals surface area contributed by atoms with Crippen molar-refractivity contribution in [3.8, 4) is 0 Å². The molecular formula is C12H15N5. The molecule has 3 N–H and O–H groups in total. The summed E-state index contributed by atoms with van der Waals surface area (Å²) in [6, 6.07) is 8.19. The van der Waals surface area contributed by atoms with Crippen molar-refractivity contribution in [1.82, 2.24) is 20.6 Å². The van der Waals surface area contributed by atoms with Crippen LogP contribution in [0.3, 0.4) is 0 Å². The molecule has 3 rings (SSSR count). The molecule has 0 amide bonds. The van der Waals surface area contributed by atoms with Gasteiger partial charge in [-0.2, -0.15) is 5.21 Å². The van der Waals surface area contributed by atoms with Crippen molar-refractivity contribution in [2.45, 2.75) is 31.1 Å². The van der Waals surface area contributed by atoms with Crippen LogP contribution in [0.2, 0.25) is 0 Å². The fourth-order valence-electron chi connectivity index (χ4n) is 2.63. The second kappa shape index (κ2) is 4.16. The Morgan fingerprint density at radius 3 is 2.59 bits per heavy atom. The van der Waals surface area contributed by atoms with Crippen LogP contribution in [0.15, 0.2) is 24.3 Å². The molecule has 1 aromatic heterocycles. The maximum absolute atomic E-state index is 5.70. The van der Waals surface area contributed by atoms with Crippen molar-refractivity contribution in [3.63, 3.8) is 0 Å². The van der Waals surface area contributed by atoms with E-state index in [2.05, 4.69) is 32.8 Å². The minimum Gasteiger partial charge on any atom is -0.399 e. The molecule has 1 heterocycles. The van der Waals surface area contributed by atoms with Crippen LogP contribution in [-0.2, 0) is 0 Å². The molecule has 5 heteroatoms. The third-order valence-electron chi connectivity index (χ3n) is 3.57. The van der Waals surface area contributed by atoms with E-state index in [4.69, 9.17) is 5.73 Å². The minimum atomic E-state index is 0.441. The summed E-state index contributed by atoms with van der Waals surface area (Å²) in [7, 11) is 0. The number of hydrogen-bond acceptors (Lipinski definition) is 4. The molecule has 1 saturated carbocycles. The molecule has 88 valence electrons. The quantitative estimate of drug-likeness (QED) is 0.770. The fourth-order valence-corrected chi connectivity index (χ4v) is 2.63. The minimum absolute atomic E-state index is 0.441. The lowest BCUT2D eigenvalue weighted by atomic mass is 9.96. The summed E-state index contributed by atoms with van der Waals surface area (Å²) in [5.74, 6) is 1.89. The first-order chi connectivity index (χ1) is 8.33. The van der Waals surface area contributed by atoms with Gasteiger partial charge in [-0.3, -0.25) is 0 Å². The zero-order valence-corrected chi connectivity index (χ0v) is 9.50. The molecule has 0 radical (unpaired) electrons. The first kappa shape index (κ1) is 10.3. The summed E-state index contributed by atoms with van der Waals surface area (Å²) < 4.78 is 0. The second-order valence-electron chi connectivity index (χ2n) is 4.64. The largest absolute Gasteiger partial charge is 0.399 e. The summed E-state index contributed by atoms with van der Waals surface area (Å²) in [4.78, 5) is 0. The molecule has 0 spiro atoms. The smallest absolute Gasteiger partial charge is 0.177 e. The van der Waals surface area contributed by atoms with Crippen molar-refractivity contribution < 1.29 is 0 Å². The Morgan fingerprint density at radius 2 is 1.88 bits per heavy atom. The third-order valence-corrected chi connectivity index (χ3v) is 3.57. The van der Waals surface area contributed by atoms with Gasteiger partial charge in [0.05, 0.1) is 0 Å². The van der Waals surface area contributed by atoms with Crippen LogP contribution >= 0.6 is 0 Å². The topological polar surface area (TPSA) is 80.5 Å². The van der Waals surface area contributed by atoms with E-state index in [1.165, 1.54) is 12.0 Å². The highest BCUT2D eigenvalue weighted by atomic mass is 15.5. The van der Waals surface area contributed by atoms with Gasteiger partial charge >= 0.3 is 0 Å². The highest BCUT2D eigenvalue weighted by Gasteiger charge is 2.29. The van der Waals surface area contributed by atoms with Crippen molar-refractivity contribution in [2.24, 2.45) is 0 Å². The van der Waals surface area contributed by atoms with Gasteiger partial charge in [-0.1, -0.05) is 17.3 Å². The molecule has 1 fully saturated rings. The van der Waals surface area contributed by atoms with Crippen LogP contribution in [-0.4, -0.2) is 20.6 Å². The SMILES string of the molecule is Nc1ccc([C@H]2CC[C@H](c3nn[nH]n3)C2)cc1. The molecule has 1 aromatic carbocycles. The first-order valence-corrected chi connectivity index (χ1v) is 5.91. The summed E-state index contributed by atoms with van der Waals surface area (Å²) in [6.07, 6.45) is 3.42. The Morgan fingerprint density at radius 1 is 1.12 bits per heavy atom. The monoisotopic (exact) mass is 229 g/mol. The standard InChI is InChI=1S/C12H15N5/c13-11-5-3-8(4-6-11)9-1-2-10(7-9)12-14-16-17-15-12/h3-6,9-10H,1-2,7,13H2,(H,14,15,16,17)/t9-,10-/m0/s1. The average molecular weight is 229 g/mol. The summed E-state index contributed by atoms with van der Waals surface area (Å²) >= 11 is 0. The van der Waals surface area contributed by atoms with E-state index in [1.54, 1.807) is 0 Å². The van der Waals surface area contributed by atoms with E-state index >= 15 is 0 Å². The van der Waals surface area contributed by atoms with Crippen molar-refractivity contribution in [1.29, 1.82) is 0 Å². The molecule has 1 aliphatic carbocycles. The number of tetrazole rings is 1. The average Bonchev–Trinajstić information content (AvgIpc) is 3.00. The number of anilines is 1. The zero-order chi connectivity index (χ0) is 11.7. The lowest BCUT2D eigenvalue weighted by Gasteiger charge is -2.10. The summed E-state index contributed by atoms with van der Waals surface area (Å²) in [6.45, 7) is 0. The summed E-state index contributed by atoms with van der Waals surface area (Å²) in [5.41, 5.74) is 7.88.